The quantitative estimate of drug-likeness (QED) is 0.703. The van der Waals surface area contributed by atoms with E-state index in [9.17, 15) is 9.18 Å². The van der Waals surface area contributed by atoms with Crippen molar-refractivity contribution in [1.29, 1.82) is 0 Å². The van der Waals surface area contributed by atoms with Gasteiger partial charge >= 0.3 is 0 Å². The summed E-state index contributed by atoms with van der Waals surface area (Å²) in [4.78, 5) is 12.6. The molecule has 4 rings (SSSR count). The molecule has 108 valence electrons. The molecular formula is C19H14FNO. The van der Waals surface area contributed by atoms with Crippen molar-refractivity contribution in [3.05, 3.63) is 77.6 Å². The fraction of sp³-hybridized carbons (Fsp3) is 0.105. The van der Waals surface area contributed by atoms with Crippen LogP contribution in [-0.2, 0) is 0 Å². The number of halogens is 1. The van der Waals surface area contributed by atoms with Gasteiger partial charge in [-0.1, -0.05) is 48.5 Å². The lowest BCUT2D eigenvalue weighted by Gasteiger charge is -2.27. The Labute approximate surface area is 127 Å². The minimum absolute atomic E-state index is 0.0544. The average molecular weight is 291 g/mol. The predicted molar refractivity (Wildman–Crippen MR) is 85.7 cm³/mol. The highest BCUT2D eigenvalue weighted by atomic mass is 19.1. The van der Waals surface area contributed by atoms with Crippen LogP contribution in [0.15, 0.2) is 60.7 Å². The second-order valence-corrected chi connectivity index (χ2v) is 5.55. The molecule has 0 bridgehead atoms. The van der Waals surface area contributed by atoms with Gasteiger partial charge in [0.05, 0.1) is 6.04 Å². The Morgan fingerprint density at radius 2 is 1.73 bits per heavy atom. The Morgan fingerprint density at radius 3 is 2.59 bits per heavy atom. The minimum Gasteiger partial charge on any atom is -0.377 e. The Hall–Kier alpha value is -2.68. The standard InChI is InChI=1S/C19H14FNO/c20-15-8-4-3-7-14(15)17-11-18(22)19-13-6-2-1-5-12(13)9-10-16(19)21-17/h1-10,17,21H,11H2/t17-/m0/s1. The van der Waals surface area contributed by atoms with E-state index in [4.69, 9.17) is 0 Å². The number of Topliss-reactive ketones (excluding diaryl/α,β-unsaturated/α-hetero) is 1. The monoisotopic (exact) mass is 291 g/mol. The average Bonchev–Trinajstić information content (AvgIpc) is 2.54. The number of hydrogen-bond donors (Lipinski definition) is 1. The van der Waals surface area contributed by atoms with E-state index in [1.807, 2.05) is 36.4 Å². The lowest BCUT2D eigenvalue weighted by atomic mass is 9.89. The number of rotatable bonds is 1. The maximum Gasteiger partial charge on any atom is 0.167 e. The van der Waals surface area contributed by atoms with Crippen LogP contribution >= 0.6 is 0 Å². The molecule has 1 aliphatic rings. The van der Waals surface area contributed by atoms with Crippen molar-refractivity contribution in [2.75, 3.05) is 5.32 Å². The number of benzene rings is 3. The fourth-order valence-corrected chi connectivity index (χ4v) is 3.16. The Bertz CT molecular complexity index is 887. The van der Waals surface area contributed by atoms with Gasteiger partial charge in [0.1, 0.15) is 5.82 Å². The number of carbonyl (C=O) groups excluding carboxylic acids is 1. The summed E-state index contributed by atoms with van der Waals surface area (Å²) in [5.74, 6) is -0.226. The van der Waals surface area contributed by atoms with Gasteiger partial charge in [-0.3, -0.25) is 4.79 Å². The lowest BCUT2D eigenvalue weighted by molar-refractivity contribution is 0.0973. The van der Waals surface area contributed by atoms with E-state index >= 15 is 0 Å². The van der Waals surface area contributed by atoms with E-state index in [1.54, 1.807) is 18.2 Å². The summed E-state index contributed by atoms with van der Waals surface area (Å²) in [7, 11) is 0. The van der Waals surface area contributed by atoms with E-state index in [-0.39, 0.29) is 24.1 Å². The zero-order valence-electron chi connectivity index (χ0n) is 11.8. The first-order valence-corrected chi connectivity index (χ1v) is 7.30. The first-order chi connectivity index (χ1) is 10.7. The van der Waals surface area contributed by atoms with E-state index in [0.717, 1.165) is 16.5 Å². The van der Waals surface area contributed by atoms with Gasteiger partial charge in [-0.2, -0.15) is 0 Å². The SMILES string of the molecule is O=C1C[C@@H](c2ccccc2F)Nc2ccc3ccccc3c21. The number of nitrogens with one attached hydrogen (secondary N) is 1. The summed E-state index contributed by atoms with van der Waals surface area (Å²) in [5.41, 5.74) is 2.03. The second-order valence-electron chi connectivity index (χ2n) is 5.55. The highest BCUT2D eigenvalue weighted by molar-refractivity contribution is 6.14. The summed E-state index contributed by atoms with van der Waals surface area (Å²) in [6.45, 7) is 0. The van der Waals surface area contributed by atoms with Crippen LogP contribution in [0.4, 0.5) is 10.1 Å². The van der Waals surface area contributed by atoms with Crippen molar-refractivity contribution in [2.45, 2.75) is 12.5 Å². The molecule has 0 unspecified atom stereocenters. The van der Waals surface area contributed by atoms with Crippen molar-refractivity contribution >= 4 is 22.2 Å². The number of anilines is 1. The molecule has 0 saturated heterocycles. The molecule has 0 aromatic heterocycles. The van der Waals surface area contributed by atoms with Crippen LogP contribution in [0.3, 0.4) is 0 Å². The normalized spacial score (nSPS) is 17.1. The van der Waals surface area contributed by atoms with Gasteiger partial charge in [-0.15, -0.1) is 0 Å². The van der Waals surface area contributed by atoms with Gasteiger partial charge in [0.25, 0.3) is 0 Å². The van der Waals surface area contributed by atoms with Gasteiger partial charge in [-0.05, 0) is 22.9 Å². The lowest BCUT2D eigenvalue weighted by Crippen LogP contribution is -2.23. The number of fused-ring (bicyclic) bond motifs is 3. The Kier molecular flexibility index (Phi) is 2.93. The van der Waals surface area contributed by atoms with Crippen LogP contribution in [0.1, 0.15) is 28.4 Å². The van der Waals surface area contributed by atoms with E-state index in [2.05, 4.69) is 5.32 Å². The van der Waals surface area contributed by atoms with Crippen LogP contribution in [0.25, 0.3) is 10.8 Å². The Morgan fingerprint density at radius 1 is 0.955 bits per heavy atom. The first kappa shape index (κ1) is 13.0. The highest BCUT2D eigenvalue weighted by Gasteiger charge is 2.28. The van der Waals surface area contributed by atoms with E-state index in [0.29, 0.717) is 11.1 Å². The molecule has 0 fully saturated rings. The van der Waals surface area contributed by atoms with Gasteiger partial charge in [0.2, 0.25) is 0 Å². The molecule has 0 saturated carbocycles. The molecule has 1 atom stereocenters. The second kappa shape index (κ2) is 4.95. The van der Waals surface area contributed by atoms with Gasteiger partial charge in [0, 0.05) is 23.2 Å². The zero-order chi connectivity index (χ0) is 15.1. The van der Waals surface area contributed by atoms with Crippen molar-refractivity contribution in [3.63, 3.8) is 0 Å². The minimum atomic E-state index is -0.317. The van der Waals surface area contributed by atoms with Crippen molar-refractivity contribution in [1.82, 2.24) is 0 Å². The maximum atomic E-state index is 14.0. The van der Waals surface area contributed by atoms with E-state index < -0.39 is 0 Å². The maximum absolute atomic E-state index is 14.0. The molecule has 1 aliphatic heterocycles. The smallest absolute Gasteiger partial charge is 0.167 e. The van der Waals surface area contributed by atoms with Crippen LogP contribution in [0.5, 0.6) is 0 Å². The summed E-state index contributed by atoms with van der Waals surface area (Å²) >= 11 is 0. The van der Waals surface area contributed by atoms with Crippen LogP contribution < -0.4 is 5.32 Å². The molecule has 0 amide bonds. The van der Waals surface area contributed by atoms with Gasteiger partial charge in [0.15, 0.2) is 5.78 Å². The zero-order valence-corrected chi connectivity index (χ0v) is 11.8. The van der Waals surface area contributed by atoms with Crippen molar-refractivity contribution in [2.24, 2.45) is 0 Å². The first-order valence-electron chi connectivity index (χ1n) is 7.30. The molecule has 1 N–H and O–H groups in total. The predicted octanol–water partition coefficient (Wildman–Crippen LogP) is 4.72. The molecular weight excluding hydrogens is 277 g/mol. The summed E-state index contributed by atoms with van der Waals surface area (Å²) in [6, 6.07) is 18.0. The molecule has 0 aliphatic carbocycles. The molecule has 1 heterocycles. The van der Waals surface area contributed by atoms with E-state index in [1.165, 1.54) is 6.07 Å². The molecule has 22 heavy (non-hydrogen) atoms. The molecule has 3 aromatic rings. The topological polar surface area (TPSA) is 29.1 Å². The largest absolute Gasteiger partial charge is 0.377 e. The molecule has 2 nitrogen and oxygen atoms in total. The van der Waals surface area contributed by atoms with Crippen molar-refractivity contribution in [3.8, 4) is 0 Å². The third-order valence-electron chi connectivity index (χ3n) is 4.21. The highest BCUT2D eigenvalue weighted by Crippen LogP contribution is 2.37. The third-order valence-corrected chi connectivity index (χ3v) is 4.21. The Balaban J connectivity index is 1.83. The summed E-state index contributed by atoms with van der Waals surface area (Å²) in [5, 5.41) is 5.31. The van der Waals surface area contributed by atoms with Crippen molar-refractivity contribution < 1.29 is 9.18 Å². The van der Waals surface area contributed by atoms with Crippen LogP contribution in [0.2, 0.25) is 0 Å². The number of ketones is 1. The van der Waals surface area contributed by atoms with Gasteiger partial charge in [-0.25, -0.2) is 4.39 Å². The number of carbonyl (C=O) groups is 1. The number of hydrogen-bond acceptors (Lipinski definition) is 2. The summed E-state index contributed by atoms with van der Waals surface area (Å²) < 4.78 is 14.0. The van der Waals surface area contributed by atoms with Crippen LogP contribution in [-0.4, -0.2) is 5.78 Å². The molecule has 3 aromatic carbocycles. The van der Waals surface area contributed by atoms with Crippen LogP contribution in [0, 0.1) is 5.82 Å². The summed E-state index contributed by atoms with van der Waals surface area (Å²) in [6.07, 6.45) is 0.266. The molecule has 0 spiro atoms. The third kappa shape index (κ3) is 1.98. The molecule has 3 heteroatoms. The molecule has 0 radical (unpaired) electrons. The van der Waals surface area contributed by atoms with Gasteiger partial charge < -0.3 is 5.32 Å². The fourth-order valence-electron chi connectivity index (χ4n) is 3.16.